The van der Waals surface area contributed by atoms with Gasteiger partial charge in [-0.15, -0.1) is 11.3 Å². The van der Waals surface area contributed by atoms with Gasteiger partial charge in [-0.05, 0) is 99.8 Å². The van der Waals surface area contributed by atoms with Crippen molar-refractivity contribution in [2.45, 2.75) is 0 Å². The largest absolute Gasteiger partial charge is 0.310 e. The second kappa shape index (κ2) is 12.9. The molecule has 0 fully saturated rings. The molecule has 0 aliphatic carbocycles. The Hall–Kier alpha value is -6.94. The van der Waals surface area contributed by atoms with Crippen molar-refractivity contribution < 1.29 is 0 Å². The van der Waals surface area contributed by atoms with Gasteiger partial charge in [0.25, 0.3) is 0 Å². The fourth-order valence-electron chi connectivity index (χ4n) is 8.48. The second-order valence-corrected chi connectivity index (χ2v) is 15.2. The molecule has 11 rings (SSSR count). The van der Waals surface area contributed by atoms with E-state index >= 15 is 0 Å². The molecule has 0 atom stereocenters. The number of hydrogen-bond acceptors (Lipinski definition) is 2. The number of nitrogens with zero attached hydrogens (tertiary/aromatic N) is 2. The quantitative estimate of drug-likeness (QED) is 0.166. The van der Waals surface area contributed by atoms with E-state index in [-0.39, 0.29) is 0 Å². The van der Waals surface area contributed by atoms with Crippen LogP contribution in [0.15, 0.2) is 206 Å². The third-order valence-corrected chi connectivity index (χ3v) is 12.1. The molecule has 0 amide bonds. The summed E-state index contributed by atoms with van der Waals surface area (Å²) in [6, 6.07) is 75.2. The molecule has 2 nitrogen and oxygen atoms in total. The molecule has 0 bridgehead atoms. The molecule has 9 aromatic carbocycles. The summed E-state index contributed by atoms with van der Waals surface area (Å²) in [5.74, 6) is 0. The van der Waals surface area contributed by atoms with Crippen LogP contribution < -0.4 is 4.90 Å². The molecule has 0 aliphatic heterocycles. The van der Waals surface area contributed by atoms with Gasteiger partial charge in [-0.25, -0.2) is 0 Å². The van der Waals surface area contributed by atoms with Crippen LogP contribution in [-0.2, 0) is 0 Å². The molecular formula is C52H34N2S. The Kier molecular flexibility index (Phi) is 7.39. The zero-order valence-electron chi connectivity index (χ0n) is 29.9. The van der Waals surface area contributed by atoms with Crippen LogP contribution >= 0.6 is 11.3 Å². The normalized spacial score (nSPS) is 11.6. The van der Waals surface area contributed by atoms with E-state index in [1.54, 1.807) is 0 Å². The Morgan fingerprint density at radius 1 is 0.364 bits per heavy atom. The number of rotatable bonds is 6. The highest BCUT2D eigenvalue weighted by molar-refractivity contribution is 7.26. The average Bonchev–Trinajstić information content (AvgIpc) is 3.80. The molecule has 0 aliphatic rings. The lowest BCUT2D eigenvalue weighted by Gasteiger charge is -2.27. The van der Waals surface area contributed by atoms with Gasteiger partial charge in [-0.3, -0.25) is 0 Å². The van der Waals surface area contributed by atoms with Gasteiger partial charge in [0.2, 0.25) is 0 Å². The van der Waals surface area contributed by atoms with Crippen LogP contribution in [0.4, 0.5) is 17.1 Å². The first-order valence-electron chi connectivity index (χ1n) is 18.8. The number of para-hydroxylation sites is 2. The molecule has 0 spiro atoms. The standard InChI is InChI=1S/C52H34N2S/c1-3-13-35(14-4-1)36-25-28-40(29-26-36)53(42-30-31-45-44-20-7-9-23-47(44)54(48(45)34-42)39-17-5-2-6-18-39)41-19-11-16-38(33-41)43-22-12-15-37-27-32-50-52(51(37)43)46-21-8-10-24-49(46)55-50/h1-34H. The number of fused-ring (bicyclic) bond motifs is 8. The van der Waals surface area contributed by atoms with Crippen molar-refractivity contribution in [2.24, 2.45) is 0 Å². The molecule has 3 heteroatoms. The van der Waals surface area contributed by atoms with Crippen molar-refractivity contribution in [1.82, 2.24) is 4.57 Å². The minimum Gasteiger partial charge on any atom is -0.310 e. The predicted octanol–water partition coefficient (Wildman–Crippen LogP) is 15.1. The third kappa shape index (κ3) is 5.24. The van der Waals surface area contributed by atoms with E-state index in [2.05, 4.69) is 216 Å². The van der Waals surface area contributed by atoms with E-state index in [0.717, 1.165) is 22.7 Å². The van der Waals surface area contributed by atoms with Crippen LogP contribution in [0.1, 0.15) is 0 Å². The Morgan fingerprint density at radius 2 is 1.02 bits per heavy atom. The highest BCUT2D eigenvalue weighted by Crippen LogP contribution is 2.45. The summed E-state index contributed by atoms with van der Waals surface area (Å²) in [6.07, 6.45) is 0. The second-order valence-electron chi connectivity index (χ2n) is 14.1. The lowest BCUT2D eigenvalue weighted by atomic mass is 9.94. The minimum absolute atomic E-state index is 1.10. The maximum atomic E-state index is 2.41. The lowest BCUT2D eigenvalue weighted by Crippen LogP contribution is -2.10. The van der Waals surface area contributed by atoms with Crippen LogP contribution in [0.25, 0.3) is 80.7 Å². The zero-order chi connectivity index (χ0) is 36.3. The zero-order valence-corrected chi connectivity index (χ0v) is 30.7. The molecule has 0 radical (unpaired) electrons. The van der Waals surface area contributed by atoms with Crippen LogP contribution in [0, 0.1) is 0 Å². The van der Waals surface area contributed by atoms with E-state index in [4.69, 9.17) is 0 Å². The average molecular weight is 719 g/mol. The van der Waals surface area contributed by atoms with Crippen LogP contribution in [-0.4, -0.2) is 4.57 Å². The summed E-state index contributed by atoms with van der Waals surface area (Å²) >= 11 is 1.87. The smallest absolute Gasteiger partial charge is 0.0561 e. The predicted molar refractivity (Wildman–Crippen MR) is 237 cm³/mol. The maximum Gasteiger partial charge on any atom is 0.0561 e. The minimum atomic E-state index is 1.10. The van der Waals surface area contributed by atoms with Gasteiger partial charge in [0.15, 0.2) is 0 Å². The molecular weight excluding hydrogens is 685 g/mol. The van der Waals surface area contributed by atoms with Crippen molar-refractivity contribution in [1.29, 1.82) is 0 Å². The first-order chi connectivity index (χ1) is 27.3. The van der Waals surface area contributed by atoms with Gasteiger partial charge in [0.05, 0.1) is 11.0 Å². The topological polar surface area (TPSA) is 8.17 Å². The van der Waals surface area contributed by atoms with Crippen molar-refractivity contribution in [3.8, 4) is 27.9 Å². The highest BCUT2D eigenvalue weighted by atomic mass is 32.1. The van der Waals surface area contributed by atoms with Gasteiger partial charge < -0.3 is 9.47 Å². The van der Waals surface area contributed by atoms with Crippen molar-refractivity contribution in [3.05, 3.63) is 206 Å². The first kappa shape index (κ1) is 31.6. The van der Waals surface area contributed by atoms with Crippen molar-refractivity contribution in [3.63, 3.8) is 0 Å². The van der Waals surface area contributed by atoms with Gasteiger partial charge >= 0.3 is 0 Å². The van der Waals surface area contributed by atoms with Gasteiger partial charge in [0.1, 0.15) is 0 Å². The Labute approximate surface area is 323 Å². The number of hydrogen-bond donors (Lipinski definition) is 0. The highest BCUT2D eigenvalue weighted by Gasteiger charge is 2.19. The molecule has 2 aromatic heterocycles. The fraction of sp³-hybridized carbons (Fsp3) is 0. The Bertz CT molecular complexity index is 3190. The summed E-state index contributed by atoms with van der Waals surface area (Å²) in [7, 11) is 0. The monoisotopic (exact) mass is 718 g/mol. The number of aromatic nitrogens is 1. The molecule has 258 valence electrons. The molecule has 0 N–H and O–H groups in total. The van der Waals surface area contributed by atoms with E-state index < -0.39 is 0 Å². The van der Waals surface area contributed by atoms with Crippen LogP contribution in [0.2, 0.25) is 0 Å². The summed E-state index contributed by atoms with van der Waals surface area (Å²) in [5.41, 5.74) is 11.7. The molecule has 55 heavy (non-hydrogen) atoms. The molecule has 11 aromatic rings. The SMILES string of the molecule is c1ccc(-c2ccc(N(c3cccc(-c4cccc5ccc6sc7ccccc7c6c45)c3)c3ccc4c5ccccc5n(-c5ccccc5)c4c3)cc2)cc1. The van der Waals surface area contributed by atoms with E-state index in [9.17, 15) is 0 Å². The molecule has 0 saturated carbocycles. The van der Waals surface area contributed by atoms with E-state index in [1.165, 1.54) is 75.0 Å². The van der Waals surface area contributed by atoms with Gasteiger partial charge in [-0.2, -0.15) is 0 Å². The van der Waals surface area contributed by atoms with Crippen molar-refractivity contribution in [2.75, 3.05) is 4.90 Å². The number of anilines is 3. The lowest BCUT2D eigenvalue weighted by molar-refractivity contribution is 1.18. The van der Waals surface area contributed by atoms with Crippen LogP contribution in [0.3, 0.4) is 0 Å². The maximum absolute atomic E-state index is 2.41. The summed E-state index contributed by atoms with van der Waals surface area (Å²) < 4.78 is 5.04. The van der Waals surface area contributed by atoms with Gasteiger partial charge in [-0.1, -0.05) is 140 Å². The number of benzene rings is 9. The van der Waals surface area contributed by atoms with E-state index in [1.807, 2.05) is 11.3 Å². The number of thiophene rings is 1. The fourth-order valence-corrected chi connectivity index (χ4v) is 9.59. The molecule has 0 unspecified atom stereocenters. The van der Waals surface area contributed by atoms with Crippen molar-refractivity contribution >= 4 is 81.1 Å². The van der Waals surface area contributed by atoms with Crippen LogP contribution in [0.5, 0.6) is 0 Å². The Balaban J connectivity index is 1.13. The Morgan fingerprint density at radius 3 is 1.87 bits per heavy atom. The van der Waals surface area contributed by atoms with Gasteiger partial charge in [0, 0.05) is 53.7 Å². The third-order valence-electron chi connectivity index (χ3n) is 11.0. The molecule has 0 saturated heterocycles. The summed E-state index contributed by atoms with van der Waals surface area (Å²) in [4.78, 5) is 2.41. The first-order valence-corrected chi connectivity index (χ1v) is 19.6. The summed E-state index contributed by atoms with van der Waals surface area (Å²) in [6.45, 7) is 0. The molecule has 2 heterocycles. The summed E-state index contributed by atoms with van der Waals surface area (Å²) in [5, 5.41) is 7.70. The van der Waals surface area contributed by atoms with E-state index in [0.29, 0.717) is 0 Å².